The van der Waals surface area contributed by atoms with Crippen LogP contribution < -0.4 is 19.5 Å². The van der Waals surface area contributed by atoms with Crippen LogP contribution in [0.15, 0.2) is 53.7 Å². The molecule has 0 saturated carbocycles. The lowest BCUT2D eigenvalue weighted by molar-refractivity contribution is -0.119. The molecule has 1 aromatic heterocycles. The van der Waals surface area contributed by atoms with E-state index in [2.05, 4.69) is 20.8 Å². The van der Waals surface area contributed by atoms with Crippen LogP contribution in [0.4, 0.5) is 0 Å². The minimum Gasteiger partial charge on any atom is -0.497 e. The molecule has 3 aromatic rings. The summed E-state index contributed by atoms with van der Waals surface area (Å²) in [5.41, 5.74) is 1.03. The largest absolute Gasteiger partial charge is 0.497 e. The number of ether oxygens (including phenoxy) is 3. The summed E-state index contributed by atoms with van der Waals surface area (Å²) in [7, 11) is 1.63. The standard InChI is InChI=1S/C20H21N5O4S/c1-27-15-8-6-14(7-9-15)11-25-20(22-23-24-25)30-13-19(26)21-10-16-12-28-17-4-2-3-5-18(17)29-16/h2-9,16H,10-13H2,1H3,(H,21,26)/t16-/m0/s1. The molecular formula is C20H21N5O4S. The second kappa shape index (κ2) is 9.49. The number of fused-ring (bicyclic) bond motifs is 1. The molecule has 1 aliphatic rings. The van der Waals surface area contributed by atoms with E-state index in [1.807, 2.05) is 48.5 Å². The summed E-state index contributed by atoms with van der Waals surface area (Å²) in [5.74, 6) is 2.28. The van der Waals surface area contributed by atoms with E-state index in [0.29, 0.717) is 30.6 Å². The van der Waals surface area contributed by atoms with Crippen molar-refractivity contribution in [3.05, 3.63) is 54.1 Å². The molecule has 1 N–H and O–H groups in total. The fourth-order valence-electron chi connectivity index (χ4n) is 2.88. The van der Waals surface area contributed by atoms with Crippen LogP contribution in [0.3, 0.4) is 0 Å². The van der Waals surface area contributed by atoms with Crippen molar-refractivity contribution in [2.75, 3.05) is 26.0 Å². The molecule has 0 unspecified atom stereocenters. The minimum absolute atomic E-state index is 0.124. The first-order valence-corrected chi connectivity index (χ1v) is 10.4. The lowest BCUT2D eigenvalue weighted by atomic mass is 10.2. The predicted octanol–water partition coefficient (Wildman–Crippen LogP) is 1.78. The van der Waals surface area contributed by atoms with Gasteiger partial charge < -0.3 is 19.5 Å². The highest BCUT2D eigenvalue weighted by molar-refractivity contribution is 7.99. The predicted molar refractivity (Wildman–Crippen MR) is 110 cm³/mol. The Morgan fingerprint density at radius 2 is 2.03 bits per heavy atom. The van der Waals surface area contributed by atoms with Gasteiger partial charge in [0.05, 0.1) is 26.0 Å². The third-order valence-electron chi connectivity index (χ3n) is 4.42. The van der Waals surface area contributed by atoms with Crippen LogP contribution >= 0.6 is 11.8 Å². The van der Waals surface area contributed by atoms with Gasteiger partial charge in [0, 0.05) is 0 Å². The first-order chi connectivity index (χ1) is 14.7. The molecule has 0 aliphatic carbocycles. The SMILES string of the molecule is COc1ccc(Cn2nnnc2SCC(=O)NC[C@H]2COc3ccccc3O2)cc1. The fourth-order valence-corrected chi connectivity index (χ4v) is 3.58. The Kier molecular flexibility index (Phi) is 6.33. The maximum absolute atomic E-state index is 12.2. The minimum atomic E-state index is -0.228. The zero-order chi connectivity index (χ0) is 20.8. The molecule has 2 heterocycles. The van der Waals surface area contributed by atoms with Crippen LogP contribution in [0.25, 0.3) is 0 Å². The quantitative estimate of drug-likeness (QED) is 0.543. The number of para-hydroxylation sites is 2. The van der Waals surface area contributed by atoms with Gasteiger partial charge in [-0.1, -0.05) is 36.0 Å². The zero-order valence-corrected chi connectivity index (χ0v) is 17.2. The topological polar surface area (TPSA) is 100 Å². The molecule has 1 amide bonds. The van der Waals surface area contributed by atoms with Gasteiger partial charge in [-0.3, -0.25) is 4.79 Å². The maximum atomic E-state index is 12.2. The molecule has 1 atom stereocenters. The van der Waals surface area contributed by atoms with E-state index in [1.165, 1.54) is 11.8 Å². The number of nitrogens with one attached hydrogen (secondary N) is 1. The number of tetrazole rings is 1. The number of benzene rings is 2. The first kappa shape index (κ1) is 20.0. The number of nitrogens with zero attached hydrogens (tertiary/aromatic N) is 4. The van der Waals surface area contributed by atoms with Gasteiger partial charge in [-0.2, -0.15) is 0 Å². The van der Waals surface area contributed by atoms with Gasteiger partial charge in [-0.25, -0.2) is 4.68 Å². The van der Waals surface area contributed by atoms with E-state index in [4.69, 9.17) is 14.2 Å². The van der Waals surface area contributed by atoms with E-state index in [0.717, 1.165) is 17.1 Å². The highest BCUT2D eigenvalue weighted by Gasteiger charge is 2.21. The molecule has 0 saturated heterocycles. The second-order valence-corrected chi connectivity index (χ2v) is 7.50. The molecule has 9 nitrogen and oxygen atoms in total. The third-order valence-corrected chi connectivity index (χ3v) is 5.37. The molecule has 2 aromatic carbocycles. The molecule has 0 bridgehead atoms. The van der Waals surface area contributed by atoms with Crippen LogP contribution in [0.1, 0.15) is 5.56 Å². The van der Waals surface area contributed by atoms with Gasteiger partial charge in [0.15, 0.2) is 11.5 Å². The van der Waals surface area contributed by atoms with Crippen LogP contribution in [-0.2, 0) is 11.3 Å². The van der Waals surface area contributed by atoms with Gasteiger partial charge in [-0.15, -0.1) is 5.10 Å². The molecule has 10 heteroatoms. The lowest BCUT2D eigenvalue weighted by Crippen LogP contribution is -2.41. The normalized spacial score (nSPS) is 14.9. The number of thioether (sulfide) groups is 1. The molecule has 4 rings (SSSR count). The number of rotatable bonds is 8. The summed E-state index contributed by atoms with van der Waals surface area (Å²) < 4.78 is 18.3. The van der Waals surface area contributed by atoms with Crippen molar-refractivity contribution in [1.29, 1.82) is 0 Å². The van der Waals surface area contributed by atoms with Crippen LogP contribution in [0, 0.1) is 0 Å². The van der Waals surface area contributed by atoms with Gasteiger partial charge in [-0.05, 0) is 40.3 Å². The molecule has 30 heavy (non-hydrogen) atoms. The van der Waals surface area contributed by atoms with Gasteiger partial charge in [0.2, 0.25) is 11.1 Å². The lowest BCUT2D eigenvalue weighted by Gasteiger charge is -2.26. The number of hydrogen-bond acceptors (Lipinski definition) is 8. The summed E-state index contributed by atoms with van der Waals surface area (Å²) in [5, 5.41) is 15.2. The summed E-state index contributed by atoms with van der Waals surface area (Å²) in [6, 6.07) is 15.2. The van der Waals surface area contributed by atoms with Gasteiger partial charge in [0.25, 0.3) is 0 Å². The van der Waals surface area contributed by atoms with E-state index >= 15 is 0 Å². The van der Waals surface area contributed by atoms with Gasteiger partial charge >= 0.3 is 0 Å². The molecule has 0 radical (unpaired) electrons. The van der Waals surface area contributed by atoms with Crippen LogP contribution in [-0.4, -0.2) is 58.2 Å². The Hall–Kier alpha value is -3.27. The average molecular weight is 427 g/mol. The van der Waals surface area contributed by atoms with Crippen LogP contribution in [0.2, 0.25) is 0 Å². The van der Waals surface area contributed by atoms with Crippen molar-refractivity contribution in [2.24, 2.45) is 0 Å². The Morgan fingerprint density at radius 1 is 1.23 bits per heavy atom. The Bertz CT molecular complexity index is 995. The Balaban J connectivity index is 1.24. The average Bonchev–Trinajstić information content (AvgIpc) is 3.23. The van der Waals surface area contributed by atoms with Crippen molar-refractivity contribution in [3.63, 3.8) is 0 Å². The van der Waals surface area contributed by atoms with Crippen molar-refractivity contribution in [1.82, 2.24) is 25.5 Å². The maximum Gasteiger partial charge on any atom is 0.230 e. The molecular weight excluding hydrogens is 406 g/mol. The van der Waals surface area contributed by atoms with Crippen molar-refractivity contribution in [3.8, 4) is 17.2 Å². The summed E-state index contributed by atoms with van der Waals surface area (Å²) in [6.07, 6.45) is -0.228. The first-order valence-electron chi connectivity index (χ1n) is 9.38. The van der Waals surface area contributed by atoms with Crippen molar-refractivity contribution in [2.45, 2.75) is 17.8 Å². The number of aromatic nitrogens is 4. The number of carbonyl (C=O) groups is 1. The second-order valence-electron chi connectivity index (χ2n) is 6.56. The Labute approximate surface area is 177 Å². The highest BCUT2D eigenvalue weighted by Crippen LogP contribution is 2.30. The zero-order valence-electron chi connectivity index (χ0n) is 16.4. The molecule has 156 valence electrons. The van der Waals surface area contributed by atoms with E-state index < -0.39 is 0 Å². The molecule has 0 fully saturated rings. The van der Waals surface area contributed by atoms with E-state index in [9.17, 15) is 4.79 Å². The van der Waals surface area contributed by atoms with Gasteiger partial charge in [0.1, 0.15) is 18.5 Å². The van der Waals surface area contributed by atoms with E-state index in [1.54, 1.807) is 11.8 Å². The number of carbonyl (C=O) groups excluding carboxylic acids is 1. The molecule has 0 spiro atoms. The number of hydrogen-bond donors (Lipinski definition) is 1. The smallest absolute Gasteiger partial charge is 0.230 e. The fraction of sp³-hybridized carbons (Fsp3) is 0.300. The van der Waals surface area contributed by atoms with Crippen molar-refractivity contribution < 1.29 is 19.0 Å². The van der Waals surface area contributed by atoms with E-state index in [-0.39, 0.29) is 17.8 Å². The third kappa shape index (κ3) is 5.01. The van der Waals surface area contributed by atoms with Crippen molar-refractivity contribution >= 4 is 17.7 Å². The summed E-state index contributed by atoms with van der Waals surface area (Å²) >= 11 is 1.28. The molecule has 1 aliphatic heterocycles. The monoisotopic (exact) mass is 427 g/mol. The number of amides is 1. The number of methoxy groups -OCH3 is 1. The van der Waals surface area contributed by atoms with Crippen LogP contribution in [0.5, 0.6) is 17.2 Å². The Morgan fingerprint density at radius 3 is 2.83 bits per heavy atom. The highest BCUT2D eigenvalue weighted by atomic mass is 32.2. The summed E-state index contributed by atoms with van der Waals surface area (Å²) in [6.45, 7) is 1.27. The summed E-state index contributed by atoms with van der Waals surface area (Å²) in [4.78, 5) is 12.2.